The molecule has 2 saturated heterocycles. The summed E-state index contributed by atoms with van der Waals surface area (Å²) in [6.07, 6.45) is -0.377. The molecule has 140 valence electrons. The fourth-order valence-electron chi connectivity index (χ4n) is 2.54. The van der Waals surface area contributed by atoms with Gasteiger partial charge in [0.15, 0.2) is 0 Å². The number of benzene rings is 1. The summed E-state index contributed by atoms with van der Waals surface area (Å²) in [5.41, 5.74) is 3.56. The molecular weight excluding hydrogens is 438 g/mol. The molecule has 1 aromatic rings. The Kier molecular flexibility index (Phi) is 5.33. The van der Waals surface area contributed by atoms with E-state index in [1.165, 1.54) is 4.90 Å². The highest BCUT2D eigenvalue weighted by Gasteiger charge is 2.38. The van der Waals surface area contributed by atoms with E-state index < -0.39 is 17.7 Å². The topological polar surface area (TPSA) is 102 Å². The second-order valence-electron chi connectivity index (χ2n) is 5.87. The maximum atomic E-state index is 12.3. The molecule has 9 nitrogen and oxygen atoms in total. The Bertz CT molecular complexity index is 885. The van der Waals surface area contributed by atoms with Gasteiger partial charge in [0.25, 0.3) is 17.7 Å². The second kappa shape index (κ2) is 7.53. The molecule has 3 rings (SSSR count). The standard InChI is InChI=1S/C16H14BrN5O4S/c1-9(10-2-4-11(17)5-3-10)18-22-15(26)8-20(16(22)27)7-14(25)21-13(24)6-12(23)19-21/h2-5H,6-8H2,1H3,(H,19,23)/b18-9+. The number of hydrazone groups is 1. The first-order chi connectivity index (χ1) is 12.8. The minimum absolute atomic E-state index is 0.0581. The number of rotatable bonds is 4. The van der Waals surface area contributed by atoms with Crippen LogP contribution in [0.3, 0.4) is 0 Å². The number of nitrogens with zero attached hydrogens (tertiary/aromatic N) is 4. The number of hydrogen-bond acceptors (Lipinski definition) is 6. The van der Waals surface area contributed by atoms with Gasteiger partial charge in [0.2, 0.25) is 11.0 Å². The van der Waals surface area contributed by atoms with Gasteiger partial charge in [-0.25, -0.2) is 0 Å². The van der Waals surface area contributed by atoms with Crippen molar-refractivity contribution in [3.63, 3.8) is 0 Å². The van der Waals surface area contributed by atoms with E-state index in [9.17, 15) is 19.2 Å². The third kappa shape index (κ3) is 4.03. The monoisotopic (exact) mass is 451 g/mol. The Morgan fingerprint density at radius 1 is 1.22 bits per heavy atom. The Labute approximate surface area is 168 Å². The van der Waals surface area contributed by atoms with E-state index >= 15 is 0 Å². The van der Waals surface area contributed by atoms with Gasteiger partial charge in [-0.15, -0.1) is 0 Å². The van der Waals surface area contributed by atoms with Crippen molar-refractivity contribution in [2.45, 2.75) is 13.3 Å². The summed E-state index contributed by atoms with van der Waals surface area (Å²) in [7, 11) is 0. The van der Waals surface area contributed by atoms with Crippen LogP contribution in [0.5, 0.6) is 0 Å². The first kappa shape index (κ1) is 19.1. The van der Waals surface area contributed by atoms with Crippen molar-refractivity contribution in [1.29, 1.82) is 0 Å². The average molecular weight is 452 g/mol. The van der Waals surface area contributed by atoms with Crippen molar-refractivity contribution in [3.05, 3.63) is 34.3 Å². The Morgan fingerprint density at radius 2 is 1.89 bits per heavy atom. The number of hydrazine groups is 1. The summed E-state index contributed by atoms with van der Waals surface area (Å²) in [6, 6.07) is 7.39. The van der Waals surface area contributed by atoms with Gasteiger partial charge in [0, 0.05) is 4.47 Å². The summed E-state index contributed by atoms with van der Waals surface area (Å²) in [4.78, 5) is 48.6. The predicted octanol–water partition coefficient (Wildman–Crippen LogP) is 0.392. The molecule has 2 aliphatic heterocycles. The number of thiocarbonyl (C=S) groups is 1. The Morgan fingerprint density at radius 3 is 2.48 bits per heavy atom. The van der Waals surface area contributed by atoms with Crippen LogP contribution in [0.1, 0.15) is 18.9 Å². The van der Waals surface area contributed by atoms with Gasteiger partial charge in [-0.3, -0.25) is 24.6 Å². The Hall–Kier alpha value is -2.66. The molecule has 2 heterocycles. The molecule has 2 fully saturated rings. The molecule has 0 aliphatic carbocycles. The van der Waals surface area contributed by atoms with E-state index in [1.807, 2.05) is 24.3 Å². The van der Waals surface area contributed by atoms with Gasteiger partial charge in [-0.1, -0.05) is 28.1 Å². The zero-order chi connectivity index (χ0) is 19.7. The number of hydrogen-bond donors (Lipinski definition) is 1. The fourth-order valence-corrected chi connectivity index (χ4v) is 3.07. The van der Waals surface area contributed by atoms with Gasteiger partial charge < -0.3 is 4.90 Å². The van der Waals surface area contributed by atoms with Crippen LogP contribution >= 0.6 is 28.1 Å². The molecule has 2 aliphatic rings. The molecule has 0 radical (unpaired) electrons. The van der Waals surface area contributed by atoms with Crippen LogP contribution in [0, 0.1) is 0 Å². The van der Waals surface area contributed by atoms with E-state index in [4.69, 9.17) is 12.2 Å². The summed E-state index contributed by atoms with van der Waals surface area (Å²) < 4.78 is 0.917. The highest BCUT2D eigenvalue weighted by atomic mass is 79.9. The van der Waals surface area contributed by atoms with Crippen LogP contribution in [-0.2, 0) is 19.2 Å². The lowest BCUT2D eigenvalue weighted by molar-refractivity contribution is -0.145. The number of nitrogens with one attached hydrogen (secondary N) is 1. The molecule has 4 amide bonds. The molecule has 0 aromatic heterocycles. The molecule has 27 heavy (non-hydrogen) atoms. The number of imide groups is 1. The van der Waals surface area contributed by atoms with Crippen LogP contribution in [0.4, 0.5) is 0 Å². The summed E-state index contributed by atoms with van der Waals surface area (Å²) in [6.45, 7) is 1.28. The van der Waals surface area contributed by atoms with Gasteiger partial charge in [-0.2, -0.15) is 15.1 Å². The quantitative estimate of drug-likeness (QED) is 0.403. The maximum Gasteiger partial charge on any atom is 0.269 e. The van der Waals surface area contributed by atoms with E-state index in [0.29, 0.717) is 10.7 Å². The van der Waals surface area contributed by atoms with E-state index in [0.717, 1.165) is 15.0 Å². The molecule has 1 N–H and O–H groups in total. The van der Waals surface area contributed by atoms with Crippen LogP contribution in [-0.4, -0.2) is 62.5 Å². The number of halogens is 1. The van der Waals surface area contributed by atoms with Crippen molar-refractivity contribution in [2.24, 2.45) is 5.10 Å². The highest BCUT2D eigenvalue weighted by Crippen LogP contribution is 2.15. The molecule has 11 heteroatoms. The Balaban J connectivity index is 1.70. The van der Waals surface area contributed by atoms with Crippen LogP contribution in [0.25, 0.3) is 0 Å². The first-order valence-corrected chi connectivity index (χ1v) is 9.04. The minimum Gasteiger partial charge on any atom is -0.329 e. The lowest BCUT2D eigenvalue weighted by atomic mass is 10.1. The average Bonchev–Trinajstić information content (AvgIpc) is 3.08. The predicted molar refractivity (Wildman–Crippen MR) is 102 cm³/mol. The lowest BCUT2D eigenvalue weighted by Gasteiger charge is -2.20. The van der Waals surface area contributed by atoms with E-state index in [1.54, 1.807) is 6.92 Å². The van der Waals surface area contributed by atoms with Crippen molar-refractivity contribution >= 4 is 62.6 Å². The van der Waals surface area contributed by atoms with Crippen LogP contribution in [0.15, 0.2) is 33.8 Å². The van der Waals surface area contributed by atoms with Gasteiger partial charge >= 0.3 is 0 Å². The second-order valence-corrected chi connectivity index (χ2v) is 7.15. The van der Waals surface area contributed by atoms with E-state index in [-0.39, 0.29) is 30.5 Å². The smallest absolute Gasteiger partial charge is 0.269 e. The molecule has 0 unspecified atom stereocenters. The SMILES string of the molecule is C/C(=N\N1C(=O)CN(CC(=O)N2NC(=O)CC2=O)C1=S)c1ccc(Br)cc1. The largest absolute Gasteiger partial charge is 0.329 e. The van der Waals surface area contributed by atoms with Crippen LogP contribution < -0.4 is 5.43 Å². The van der Waals surface area contributed by atoms with Crippen molar-refractivity contribution in [3.8, 4) is 0 Å². The van der Waals surface area contributed by atoms with E-state index in [2.05, 4.69) is 26.5 Å². The van der Waals surface area contributed by atoms with Crippen LogP contribution in [0.2, 0.25) is 0 Å². The minimum atomic E-state index is -0.670. The molecule has 1 aromatic carbocycles. The molecule has 0 bridgehead atoms. The highest BCUT2D eigenvalue weighted by molar-refractivity contribution is 9.10. The number of carbonyl (C=O) groups excluding carboxylic acids is 4. The summed E-state index contributed by atoms with van der Waals surface area (Å²) >= 11 is 8.60. The molecule has 0 atom stereocenters. The molecular formula is C16H14BrN5O4S. The zero-order valence-corrected chi connectivity index (χ0v) is 16.5. The lowest BCUT2D eigenvalue weighted by Crippen LogP contribution is -2.47. The number of amides is 4. The number of carbonyl (C=O) groups is 4. The van der Waals surface area contributed by atoms with Crippen molar-refractivity contribution < 1.29 is 19.2 Å². The molecule has 0 spiro atoms. The van der Waals surface area contributed by atoms with Crippen molar-refractivity contribution in [1.82, 2.24) is 20.3 Å². The third-order valence-electron chi connectivity index (χ3n) is 3.90. The fraction of sp³-hybridized carbons (Fsp3) is 0.250. The van der Waals surface area contributed by atoms with Crippen molar-refractivity contribution in [2.75, 3.05) is 13.1 Å². The third-order valence-corrected chi connectivity index (χ3v) is 4.86. The molecule has 0 saturated carbocycles. The first-order valence-electron chi connectivity index (χ1n) is 7.84. The summed E-state index contributed by atoms with van der Waals surface area (Å²) in [5, 5.41) is 6.03. The van der Waals surface area contributed by atoms with Gasteiger partial charge in [0.1, 0.15) is 19.5 Å². The van der Waals surface area contributed by atoms with Gasteiger partial charge in [0.05, 0.1) is 5.71 Å². The normalized spacial score (nSPS) is 17.9. The summed E-state index contributed by atoms with van der Waals surface area (Å²) in [5.74, 6) is -2.25. The zero-order valence-electron chi connectivity index (χ0n) is 14.1. The van der Waals surface area contributed by atoms with Gasteiger partial charge in [-0.05, 0) is 36.8 Å². The maximum absolute atomic E-state index is 12.3.